The molecule has 0 saturated heterocycles. The van der Waals surface area contributed by atoms with E-state index in [1.54, 1.807) is 0 Å². The molecule has 0 radical (unpaired) electrons. The summed E-state index contributed by atoms with van der Waals surface area (Å²) in [6, 6.07) is 89.0. The third-order valence-corrected chi connectivity index (χ3v) is 13.8. The average Bonchev–Trinajstić information content (AvgIpc) is 3.84. The smallest absolute Gasteiger partial charge is 0.0726 e. The normalized spacial score (nSPS) is 12.6. The van der Waals surface area contributed by atoms with Crippen LogP contribution in [0.2, 0.25) is 0 Å². The molecule has 1 spiro atoms. The van der Waals surface area contributed by atoms with Gasteiger partial charge in [0.25, 0.3) is 0 Å². The Morgan fingerprint density at radius 3 is 1.35 bits per heavy atom. The molecular formula is C64H45N. The van der Waals surface area contributed by atoms with Gasteiger partial charge in [-0.1, -0.05) is 207 Å². The molecule has 1 nitrogen and oxygen atoms in total. The maximum Gasteiger partial charge on any atom is 0.0726 e. The molecule has 0 aliphatic heterocycles. The summed E-state index contributed by atoms with van der Waals surface area (Å²) in [5.74, 6) is 0. The lowest BCUT2D eigenvalue weighted by atomic mass is 9.70. The van der Waals surface area contributed by atoms with Gasteiger partial charge in [-0.05, 0) is 150 Å². The van der Waals surface area contributed by atoms with Crippen LogP contribution in [0.5, 0.6) is 0 Å². The molecule has 0 heterocycles. The van der Waals surface area contributed by atoms with E-state index < -0.39 is 5.41 Å². The molecule has 10 aromatic rings. The molecule has 0 atom stereocenters. The van der Waals surface area contributed by atoms with E-state index in [0.717, 1.165) is 39.3 Å². The first-order chi connectivity index (χ1) is 32.1. The Balaban J connectivity index is 0.987. The average molecular weight is 828 g/mol. The lowest BCUT2D eigenvalue weighted by Gasteiger charge is -2.32. The minimum Gasteiger partial charge on any atom is -0.310 e. The number of rotatable bonds is 8. The van der Waals surface area contributed by atoms with E-state index >= 15 is 0 Å². The highest BCUT2D eigenvalue weighted by Gasteiger charge is 2.51. The molecule has 0 aromatic heterocycles. The van der Waals surface area contributed by atoms with Crippen LogP contribution < -0.4 is 4.90 Å². The van der Waals surface area contributed by atoms with Gasteiger partial charge in [-0.25, -0.2) is 0 Å². The fourth-order valence-electron chi connectivity index (χ4n) is 10.8. The number of anilines is 3. The van der Waals surface area contributed by atoms with Gasteiger partial charge in [-0.15, -0.1) is 0 Å². The maximum absolute atomic E-state index is 4.55. The lowest BCUT2D eigenvalue weighted by molar-refractivity contribution is 0.793. The second-order valence-electron chi connectivity index (χ2n) is 17.3. The van der Waals surface area contributed by atoms with Crippen LogP contribution in [0.4, 0.5) is 17.1 Å². The Morgan fingerprint density at radius 1 is 0.338 bits per heavy atom. The monoisotopic (exact) mass is 827 g/mol. The van der Waals surface area contributed by atoms with Crippen molar-refractivity contribution in [3.8, 4) is 55.6 Å². The summed E-state index contributed by atoms with van der Waals surface area (Å²) in [6.45, 7) is 6.76. The summed E-state index contributed by atoms with van der Waals surface area (Å²) >= 11 is 0. The van der Waals surface area contributed by atoms with E-state index in [1.165, 1.54) is 77.9 Å². The molecule has 0 amide bonds. The Morgan fingerprint density at radius 2 is 0.769 bits per heavy atom. The molecule has 0 bridgehead atoms. The largest absolute Gasteiger partial charge is 0.310 e. The molecule has 306 valence electrons. The van der Waals surface area contributed by atoms with Crippen LogP contribution in [-0.4, -0.2) is 0 Å². The predicted octanol–water partition coefficient (Wildman–Crippen LogP) is 16.9. The quantitative estimate of drug-likeness (QED) is 0.147. The Hall–Kier alpha value is -8.26. The van der Waals surface area contributed by atoms with Crippen molar-refractivity contribution in [3.05, 3.63) is 288 Å². The Kier molecular flexibility index (Phi) is 9.17. The van der Waals surface area contributed by atoms with Crippen molar-refractivity contribution in [3.63, 3.8) is 0 Å². The van der Waals surface area contributed by atoms with Crippen molar-refractivity contribution in [2.24, 2.45) is 0 Å². The zero-order chi connectivity index (χ0) is 43.5. The third kappa shape index (κ3) is 6.15. The first-order valence-corrected chi connectivity index (χ1v) is 22.5. The van der Waals surface area contributed by atoms with Crippen LogP contribution in [0.25, 0.3) is 61.2 Å². The van der Waals surface area contributed by atoms with Crippen LogP contribution in [0.15, 0.2) is 249 Å². The molecule has 10 aromatic carbocycles. The number of nitrogens with zero attached hydrogens (tertiary/aromatic N) is 1. The summed E-state index contributed by atoms with van der Waals surface area (Å²) in [7, 11) is 0. The van der Waals surface area contributed by atoms with E-state index in [1.807, 2.05) is 0 Å². The number of hydrogen-bond donors (Lipinski definition) is 0. The van der Waals surface area contributed by atoms with Crippen LogP contribution in [0.3, 0.4) is 0 Å². The van der Waals surface area contributed by atoms with Crippen LogP contribution in [-0.2, 0) is 5.41 Å². The van der Waals surface area contributed by atoms with Crippen LogP contribution in [0.1, 0.15) is 38.9 Å². The second-order valence-corrected chi connectivity index (χ2v) is 17.3. The predicted molar refractivity (Wildman–Crippen MR) is 273 cm³/mol. The number of aryl methyl sites for hydroxylation is 1. The first kappa shape index (κ1) is 38.4. The van der Waals surface area contributed by atoms with Crippen molar-refractivity contribution < 1.29 is 0 Å². The van der Waals surface area contributed by atoms with Crippen molar-refractivity contribution >= 4 is 22.6 Å². The number of benzene rings is 10. The van der Waals surface area contributed by atoms with Crippen LogP contribution >= 0.6 is 0 Å². The molecule has 0 saturated carbocycles. The second kappa shape index (κ2) is 15.5. The maximum atomic E-state index is 4.55. The van der Waals surface area contributed by atoms with Crippen LogP contribution in [0, 0.1) is 6.92 Å². The molecule has 65 heavy (non-hydrogen) atoms. The van der Waals surface area contributed by atoms with Gasteiger partial charge in [0.1, 0.15) is 0 Å². The number of fused-ring (bicyclic) bond motifs is 10. The van der Waals surface area contributed by atoms with E-state index in [-0.39, 0.29) is 0 Å². The van der Waals surface area contributed by atoms with Gasteiger partial charge in [0.05, 0.1) is 5.41 Å². The summed E-state index contributed by atoms with van der Waals surface area (Å²) in [5, 5.41) is 0. The van der Waals surface area contributed by atoms with E-state index in [0.29, 0.717) is 0 Å². The van der Waals surface area contributed by atoms with Crippen molar-refractivity contribution in [1.82, 2.24) is 0 Å². The van der Waals surface area contributed by atoms with E-state index in [2.05, 4.69) is 261 Å². The molecule has 12 rings (SSSR count). The van der Waals surface area contributed by atoms with Gasteiger partial charge in [0, 0.05) is 17.1 Å². The molecule has 1 heteroatoms. The lowest BCUT2D eigenvalue weighted by Crippen LogP contribution is -2.26. The highest BCUT2D eigenvalue weighted by molar-refractivity contribution is 5.97. The van der Waals surface area contributed by atoms with Crippen molar-refractivity contribution in [2.75, 3.05) is 4.90 Å². The standard InChI is InChI=1S/C64H45N/c1-43-29-30-49(41-59(43)54-22-10-9-21-53(54)44(2)45-17-5-3-6-18-45)48-33-37-51(38-34-48)65(50-35-31-47(32-36-50)46-19-7-4-8-20-46)52-39-40-58-57-25-13-16-28-62(57)64(63(58)42-52)60-26-14-11-23-55(60)56-24-12-15-27-61(56)64/h3-42H,2H2,1H3. The van der Waals surface area contributed by atoms with Gasteiger partial charge in [0.2, 0.25) is 0 Å². The Bertz CT molecular complexity index is 3370. The SMILES string of the molecule is C=C(c1ccccc1)c1ccccc1-c1cc(-c2ccc(N(c3ccc(-c4ccccc4)cc3)c3ccc4c(c3)C3(c5ccccc5-c5ccccc53)c3ccccc3-4)cc2)ccc1C. The fourth-order valence-corrected chi connectivity index (χ4v) is 10.8. The highest BCUT2D eigenvalue weighted by atomic mass is 15.1. The van der Waals surface area contributed by atoms with Gasteiger partial charge < -0.3 is 4.90 Å². The molecular weight excluding hydrogens is 783 g/mol. The molecule has 0 N–H and O–H groups in total. The van der Waals surface area contributed by atoms with Crippen molar-refractivity contribution in [2.45, 2.75) is 12.3 Å². The minimum absolute atomic E-state index is 0.433. The summed E-state index contributed by atoms with van der Waals surface area (Å²) in [5.41, 5.74) is 25.1. The highest BCUT2D eigenvalue weighted by Crippen LogP contribution is 2.63. The van der Waals surface area contributed by atoms with Gasteiger partial charge in [-0.3, -0.25) is 0 Å². The molecule has 0 fully saturated rings. The molecule has 2 aliphatic carbocycles. The topological polar surface area (TPSA) is 3.24 Å². The summed E-state index contributed by atoms with van der Waals surface area (Å²) in [4.78, 5) is 2.42. The van der Waals surface area contributed by atoms with E-state index in [9.17, 15) is 0 Å². The zero-order valence-electron chi connectivity index (χ0n) is 36.2. The number of hydrogen-bond acceptors (Lipinski definition) is 1. The zero-order valence-corrected chi connectivity index (χ0v) is 36.2. The summed E-state index contributed by atoms with van der Waals surface area (Å²) < 4.78 is 0. The Labute approximate surface area is 381 Å². The third-order valence-electron chi connectivity index (χ3n) is 13.8. The molecule has 2 aliphatic rings. The fraction of sp³-hybridized carbons (Fsp3) is 0.0312. The van der Waals surface area contributed by atoms with E-state index in [4.69, 9.17) is 0 Å². The van der Waals surface area contributed by atoms with Crippen molar-refractivity contribution in [1.29, 1.82) is 0 Å². The first-order valence-electron chi connectivity index (χ1n) is 22.5. The minimum atomic E-state index is -0.433. The van der Waals surface area contributed by atoms with Gasteiger partial charge in [0.15, 0.2) is 0 Å². The summed E-state index contributed by atoms with van der Waals surface area (Å²) in [6.07, 6.45) is 0. The molecule has 0 unspecified atom stereocenters. The van der Waals surface area contributed by atoms with Gasteiger partial charge >= 0.3 is 0 Å². The van der Waals surface area contributed by atoms with Gasteiger partial charge in [-0.2, -0.15) is 0 Å².